The highest BCUT2D eigenvalue weighted by Gasteiger charge is 2.09. The fourth-order valence-electron chi connectivity index (χ4n) is 2.24. The zero-order valence-corrected chi connectivity index (χ0v) is 14.8. The number of nitrogens with one attached hydrogen (secondary N) is 1. The zero-order chi connectivity index (χ0) is 19.1. The molecule has 0 aliphatic carbocycles. The second kappa shape index (κ2) is 8.97. The molecule has 0 bridgehead atoms. The Morgan fingerprint density at radius 2 is 1.81 bits per heavy atom. The number of anilines is 1. The van der Waals surface area contributed by atoms with Crippen molar-refractivity contribution in [1.82, 2.24) is 4.98 Å². The Morgan fingerprint density at radius 3 is 2.52 bits per heavy atom. The molecular formula is C21H14F2N2OS. The van der Waals surface area contributed by atoms with Gasteiger partial charge < -0.3 is 5.32 Å². The van der Waals surface area contributed by atoms with Crippen molar-refractivity contribution in [3.8, 4) is 11.8 Å². The number of aromatic nitrogens is 1. The maximum Gasteiger partial charge on any atom is 0.288 e. The third-order valence-corrected chi connectivity index (χ3v) is 4.18. The van der Waals surface area contributed by atoms with Crippen molar-refractivity contribution in [3.63, 3.8) is 0 Å². The Morgan fingerprint density at radius 1 is 1.00 bits per heavy atom. The number of pyridine rings is 1. The minimum Gasteiger partial charge on any atom is -0.322 e. The van der Waals surface area contributed by atoms with E-state index < -0.39 is 5.76 Å². The number of rotatable bonds is 4. The Bertz CT molecular complexity index is 980. The van der Waals surface area contributed by atoms with Crippen molar-refractivity contribution >= 4 is 23.4 Å². The standard InChI is InChI=1S/C21H14F2N2OS/c22-21(23)27-19-11-8-16(9-12-19)20(26)25-18-6-3-4-15(14-18)7-10-17-5-1-2-13-24-17/h1-6,8-9,11-14,21H,(H,25,26). The number of carbonyl (C=O) groups is 1. The van der Waals surface area contributed by atoms with Crippen LogP contribution in [0.15, 0.2) is 77.8 Å². The maximum atomic E-state index is 12.3. The number of hydrogen-bond donors (Lipinski definition) is 1. The molecule has 0 aliphatic heterocycles. The van der Waals surface area contributed by atoms with E-state index in [1.54, 1.807) is 24.4 Å². The molecule has 0 saturated carbocycles. The van der Waals surface area contributed by atoms with Crippen molar-refractivity contribution in [2.24, 2.45) is 0 Å². The lowest BCUT2D eigenvalue weighted by Gasteiger charge is -2.06. The lowest BCUT2D eigenvalue weighted by atomic mass is 10.1. The van der Waals surface area contributed by atoms with Crippen LogP contribution in [0.3, 0.4) is 0 Å². The Kier molecular flexibility index (Phi) is 6.18. The van der Waals surface area contributed by atoms with Crippen LogP contribution in [-0.4, -0.2) is 16.6 Å². The molecule has 3 nitrogen and oxygen atoms in total. The van der Waals surface area contributed by atoms with E-state index in [-0.39, 0.29) is 5.91 Å². The first kappa shape index (κ1) is 18.6. The fourth-order valence-corrected chi connectivity index (χ4v) is 2.74. The van der Waals surface area contributed by atoms with E-state index in [0.29, 0.717) is 33.6 Å². The SMILES string of the molecule is O=C(Nc1cccc(C#Cc2ccccn2)c1)c1ccc(SC(F)F)cc1. The average molecular weight is 380 g/mol. The van der Waals surface area contributed by atoms with Crippen LogP contribution in [0.5, 0.6) is 0 Å². The van der Waals surface area contributed by atoms with Crippen LogP contribution in [0.1, 0.15) is 21.6 Å². The molecule has 0 radical (unpaired) electrons. The van der Waals surface area contributed by atoms with Gasteiger partial charge in [-0.15, -0.1) is 0 Å². The molecule has 134 valence electrons. The molecular weight excluding hydrogens is 366 g/mol. The Balaban J connectivity index is 1.69. The first-order valence-electron chi connectivity index (χ1n) is 7.99. The molecule has 27 heavy (non-hydrogen) atoms. The summed E-state index contributed by atoms with van der Waals surface area (Å²) in [5.74, 6) is 3.15. The van der Waals surface area contributed by atoms with Gasteiger partial charge in [-0.1, -0.05) is 29.8 Å². The summed E-state index contributed by atoms with van der Waals surface area (Å²) in [5, 5.41) is 2.78. The maximum absolute atomic E-state index is 12.3. The summed E-state index contributed by atoms with van der Waals surface area (Å²) < 4.78 is 24.7. The van der Waals surface area contributed by atoms with Gasteiger partial charge in [0.25, 0.3) is 11.7 Å². The van der Waals surface area contributed by atoms with Gasteiger partial charge in [-0.2, -0.15) is 8.78 Å². The molecule has 0 saturated heterocycles. The zero-order valence-electron chi connectivity index (χ0n) is 14.0. The lowest BCUT2D eigenvalue weighted by molar-refractivity contribution is 0.102. The average Bonchev–Trinajstić information content (AvgIpc) is 2.67. The summed E-state index contributed by atoms with van der Waals surface area (Å²) in [4.78, 5) is 16.9. The molecule has 2 aromatic carbocycles. The van der Waals surface area contributed by atoms with E-state index in [0.717, 1.165) is 5.56 Å². The molecule has 6 heteroatoms. The molecule has 0 atom stereocenters. The number of halogens is 2. The van der Waals surface area contributed by atoms with Gasteiger partial charge in [0.15, 0.2) is 0 Å². The summed E-state index contributed by atoms with van der Waals surface area (Å²) in [6.45, 7) is 0. The van der Waals surface area contributed by atoms with E-state index >= 15 is 0 Å². The van der Waals surface area contributed by atoms with E-state index in [1.165, 1.54) is 24.3 Å². The molecule has 1 aromatic heterocycles. The third-order valence-electron chi connectivity index (χ3n) is 3.46. The first-order chi connectivity index (χ1) is 13.1. The van der Waals surface area contributed by atoms with E-state index in [2.05, 4.69) is 22.1 Å². The Hall–Kier alpha value is -3.17. The molecule has 1 heterocycles. The fraction of sp³-hybridized carbons (Fsp3) is 0.0476. The normalized spacial score (nSPS) is 10.2. The molecule has 0 fully saturated rings. The van der Waals surface area contributed by atoms with Gasteiger partial charge in [0.05, 0.1) is 0 Å². The summed E-state index contributed by atoms with van der Waals surface area (Å²) >= 11 is 0.443. The van der Waals surface area contributed by atoms with Gasteiger partial charge in [-0.05, 0) is 60.5 Å². The van der Waals surface area contributed by atoms with Gasteiger partial charge in [0, 0.05) is 27.9 Å². The number of alkyl halides is 2. The third kappa shape index (κ3) is 5.66. The molecule has 0 spiro atoms. The molecule has 3 rings (SSSR count). The minimum atomic E-state index is -2.49. The van der Waals surface area contributed by atoms with Crippen molar-refractivity contribution in [2.45, 2.75) is 10.7 Å². The predicted molar refractivity (Wildman–Crippen MR) is 103 cm³/mol. The minimum absolute atomic E-state index is 0.321. The number of carbonyl (C=O) groups excluding carboxylic acids is 1. The van der Waals surface area contributed by atoms with Crippen molar-refractivity contribution in [3.05, 3.63) is 89.7 Å². The predicted octanol–water partition coefficient (Wildman–Crippen LogP) is 5.05. The van der Waals surface area contributed by atoms with Gasteiger partial charge in [0.2, 0.25) is 0 Å². The lowest BCUT2D eigenvalue weighted by Crippen LogP contribution is -2.11. The van der Waals surface area contributed by atoms with Crippen LogP contribution in [0.25, 0.3) is 0 Å². The highest BCUT2D eigenvalue weighted by molar-refractivity contribution is 7.99. The number of benzene rings is 2. The smallest absolute Gasteiger partial charge is 0.288 e. The second-order valence-electron chi connectivity index (χ2n) is 5.40. The van der Waals surface area contributed by atoms with Crippen molar-refractivity contribution < 1.29 is 13.6 Å². The van der Waals surface area contributed by atoms with E-state index in [9.17, 15) is 13.6 Å². The van der Waals surface area contributed by atoms with Crippen LogP contribution in [0, 0.1) is 11.8 Å². The summed E-state index contributed by atoms with van der Waals surface area (Å²) in [6.07, 6.45) is 1.67. The first-order valence-corrected chi connectivity index (χ1v) is 8.87. The molecule has 3 aromatic rings. The van der Waals surface area contributed by atoms with E-state index in [4.69, 9.17) is 0 Å². The van der Waals surface area contributed by atoms with Gasteiger partial charge in [-0.25, -0.2) is 4.98 Å². The highest BCUT2D eigenvalue weighted by atomic mass is 32.2. The Labute approximate surface area is 159 Å². The van der Waals surface area contributed by atoms with Gasteiger partial charge in [-0.3, -0.25) is 4.79 Å². The molecule has 1 N–H and O–H groups in total. The summed E-state index contributed by atoms with van der Waals surface area (Å²) in [7, 11) is 0. The van der Waals surface area contributed by atoms with Crippen molar-refractivity contribution in [1.29, 1.82) is 0 Å². The number of hydrogen-bond acceptors (Lipinski definition) is 3. The van der Waals surface area contributed by atoms with Crippen LogP contribution < -0.4 is 5.32 Å². The highest BCUT2D eigenvalue weighted by Crippen LogP contribution is 2.25. The van der Waals surface area contributed by atoms with E-state index in [1.807, 2.05) is 24.3 Å². The second-order valence-corrected chi connectivity index (χ2v) is 6.47. The molecule has 0 unspecified atom stereocenters. The number of thioether (sulfide) groups is 1. The molecule has 0 aliphatic rings. The summed E-state index contributed by atoms with van der Waals surface area (Å²) in [6, 6.07) is 18.7. The topological polar surface area (TPSA) is 42.0 Å². The quantitative estimate of drug-likeness (QED) is 0.509. The number of nitrogens with zero attached hydrogens (tertiary/aromatic N) is 1. The summed E-state index contributed by atoms with van der Waals surface area (Å²) in [5.41, 5.74) is 2.38. The monoisotopic (exact) mass is 380 g/mol. The van der Waals surface area contributed by atoms with Crippen LogP contribution in [-0.2, 0) is 0 Å². The van der Waals surface area contributed by atoms with Crippen molar-refractivity contribution in [2.75, 3.05) is 5.32 Å². The largest absolute Gasteiger partial charge is 0.322 e. The van der Waals surface area contributed by atoms with Crippen LogP contribution >= 0.6 is 11.8 Å². The van der Waals surface area contributed by atoms with Gasteiger partial charge in [0.1, 0.15) is 5.69 Å². The van der Waals surface area contributed by atoms with Crippen LogP contribution in [0.2, 0.25) is 0 Å². The van der Waals surface area contributed by atoms with Gasteiger partial charge >= 0.3 is 0 Å². The number of amides is 1. The van der Waals surface area contributed by atoms with Crippen LogP contribution in [0.4, 0.5) is 14.5 Å². The molecule has 1 amide bonds.